The first kappa shape index (κ1) is 12.2. The lowest BCUT2D eigenvalue weighted by molar-refractivity contribution is -0.148. The maximum absolute atomic E-state index is 11.8. The number of rotatable bonds is 4. The van der Waals surface area contributed by atoms with Gasteiger partial charge in [0.05, 0.1) is 5.41 Å². The molecule has 5 heteroatoms. The fraction of sp³-hybridized carbons (Fsp3) is 0.833. The lowest BCUT2D eigenvalue weighted by atomic mass is 9.86. The molecule has 0 unspecified atom stereocenters. The van der Waals surface area contributed by atoms with Crippen LogP contribution in [0.1, 0.15) is 38.5 Å². The number of aliphatic carboxylic acids is 1. The highest BCUT2D eigenvalue weighted by molar-refractivity contribution is 5.78. The van der Waals surface area contributed by atoms with E-state index in [4.69, 9.17) is 0 Å². The Morgan fingerprint density at radius 1 is 1.35 bits per heavy atom. The van der Waals surface area contributed by atoms with Gasteiger partial charge in [0.2, 0.25) is 0 Å². The zero-order chi connectivity index (χ0) is 12.5. The molecule has 0 aromatic heterocycles. The van der Waals surface area contributed by atoms with Crippen LogP contribution in [0.15, 0.2) is 0 Å². The molecule has 0 aliphatic heterocycles. The highest BCUT2D eigenvalue weighted by Crippen LogP contribution is 2.37. The van der Waals surface area contributed by atoms with E-state index in [1.54, 1.807) is 11.9 Å². The number of nitrogens with zero attached hydrogens (tertiary/aromatic N) is 1. The summed E-state index contributed by atoms with van der Waals surface area (Å²) < 4.78 is 0. The van der Waals surface area contributed by atoms with E-state index in [1.807, 2.05) is 0 Å². The zero-order valence-electron chi connectivity index (χ0n) is 10.2. The van der Waals surface area contributed by atoms with Crippen molar-refractivity contribution in [3.05, 3.63) is 0 Å². The van der Waals surface area contributed by atoms with E-state index in [2.05, 4.69) is 5.32 Å². The van der Waals surface area contributed by atoms with Crippen LogP contribution in [0.5, 0.6) is 0 Å². The third kappa shape index (κ3) is 2.53. The van der Waals surface area contributed by atoms with Gasteiger partial charge in [-0.2, -0.15) is 0 Å². The van der Waals surface area contributed by atoms with E-state index < -0.39 is 11.4 Å². The van der Waals surface area contributed by atoms with Crippen molar-refractivity contribution in [3.63, 3.8) is 0 Å². The van der Waals surface area contributed by atoms with Crippen LogP contribution in [0.25, 0.3) is 0 Å². The van der Waals surface area contributed by atoms with Crippen molar-refractivity contribution in [3.8, 4) is 0 Å². The summed E-state index contributed by atoms with van der Waals surface area (Å²) in [5.74, 6) is -0.774. The topological polar surface area (TPSA) is 69.6 Å². The molecule has 0 radical (unpaired) electrons. The van der Waals surface area contributed by atoms with Crippen molar-refractivity contribution in [1.82, 2.24) is 10.2 Å². The molecule has 2 aliphatic carbocycles. The largest absolute Gasteiger partial charge is 0.481 e. The van der Waals surface area contributed by atoms with Crippen LogP contribution in [0, 0.1) is 5.41 Å². The normalized spacial score (nSPS) is 22.2. The van der Waals surface area contributed by atoms with E-state index >= 15 is 0 Å². The van der Waals surface area contributed by atoms with Gasteiger partial charge >= 0.3 is 12.0 Å². The van der Waals surface area contributed by atoms with Gasteiger partial charge in [0, 0.05) is 19.6 Å². The summed E-state index contributed by atoms with van der Waals surface area (Å²) in [6, 6.07) is 0.222. The number of hydrogen-bond donors (Lipinski definition) is 2. The second kappa shape index (κ2) is 4.55. The van der Waals surface area contributed by atoms with E-state index in [-0.39, 0.29) is 12.6 Å². The fourth-order valence-electron chi connectivity index (χ4n) is 2.52. The van der Waals surface area contributed by atoms with Gasteiger partial charge in [-0.15, -0.1) is 0 Å². The number of nitrogens with one attached hydrogen (secondary N) is 1. The molecule has 0 atom stereocenters. The highest BCUT2D eigenvalue weighted by Gasteiger charge is 2.42. The second-order valence-corrected chi connectivity index (χ2v) is 5.29. The first-order chi connectivity index (χ1) is 8.05. The van der Waals surface area contributed by atoms with Gasteiger partial charge in [0.1, 0.15) is 0 Å². The van der Waals surface area contributed by atoms with Crippen LogP contribution in [0.3, 0.4) is 0 Å². The predicted octanol–water partition coefficient (Wildman–Crippen LogP) is 1.44. The van der Waals surface area contributed by atoms with Gasteiger partial charge in [-0.1, -0.05) is 12.8 Å². The molecule has 5 nitrogen and oxygen atoms in total. The van der Waals surface area contributed by atoms with Gasteiger partial charge < -0.3 is 15.3 Å². The maximum Gasteiger partial charge on any atom is 0.317 e. The monoisotopic (exact) mass is 240 g/mol. The molecule has 2 fully saturated rings. The Balaban J connectivity index is 1.86. The molecule has 0 heterocycles. The minimum atomic E-state index is -0.774. The van der Waals surface area contributed by atoms with E-state index in [9.17, 15) is 14.7 Å². The molecule has 0 saturated heterocycles. The van der Waals surface area contributed by atoms with Gasteiger partial charge in [0.15, 0.2) is 0 Å². The van der Waals surface area contributed by atoms with Crippen molar-refractivity contribution in [2.75, 3.05) is 13.6 Å². The minimum Gasteiger partial charge on any atom is -0.481 e. The van der Waals surface area contributed by atoms with Crippen LogP contribution < -0.4 is 5.32 Å². The molecule has 0 spiro atoms. The number of carbonyl (C=O) groups is 2. The van der Waals surface area contributed by atoms with Crippen molar-refractivity contribution in [2.45, 2.75) is 44.6 Å². The molecule has 0 aromatic carbocycles. The van der Waals surface area contributed by atoms with E-state index in [1.165, 1.54) is 0 Å². The molecule has 2 N–H and O–H groups in total. The predicted molar refractivity (Wildman–Crippen MR) is 62.7 cm³/mol. The summed E-state index contributed by atoms with van der Waals surface area (Å²) in [4.78, 5) is 24.7. The van der Waals surface area contributed by atoms with E-state index in [0.717, 1.165) is 25.7 Å². The number of amides is 2. The van der Waals surface area contributed by atoms with Crippen molar-refractivity contribution < 1.29 is 14.7 Å². The lowest BCUT2D eigenvalue weighted by Gasteiger charge is -2.26. The van der Waals surface area contributed by atoms with Crippen LogP contribution in [-0.2, 0) is 4.79 Å². The zero-order valence-corrected chi connectivity index (χ0v) is 10.2. The molecule has 2 saturated carbocycles. The van der Waals surface area contributed by atoms with Gasteiger partial charge in [-0.3, -0.25) is 4.79 Å². The molecule has 2 rings (SSSR count). The number of urea groups is 1. The molecular weight excluding hydrogens is 220 g/mol. The SMILES string of the molecule is CN(C(=O)NCC1(C(=O)O)CCCC1)C1CC1. The first-order valence-corrected chi connectivity index (χ1v) is 6.29. The molecule has 96 valence electrons. The number of hydrogen-bond acceptors (Lipinski definition) is 2. The summed E-state index contributed by atoms with van der Waals surface area (Å²) in [5.41, 5.74) is -0.722. The Labute approximate surface area is 101 Å². The maximum atomic E-state index is 11.8. The standard InChI is InChI=1S/C12H20N2O3/c1-14(9-4-5-9)11(17)13-8-12(10(15)16)6-2-3-7-12/h9H,2-8H2,1H3,(H,13,17)(H,15,16). The summed E-state index contributed by atoms with van der Waals surface area (Å²) in [7, 11) is 1.77. The highest BCUT2D eigenvalue weighted by atomic mass is 16.4. The van der Waals surface area contributed by atoms with Crippen molar-refractivity contribution in [2.24, 2.45) is 5.41 Å². The average Bonchev–Trinajstić information content (AvgIpc) is 3.04. The van der Waals surface area contributed by atoms with Crippen LogP contribution in [0.2, 0.25) is 0 Å². The van der Waals surface area contributed by atoms with Crippen LogP contribution in [0.4, 0.5) is 4.79 Å². The molecule has 2 amide bonds. The molecule has 2 aliphatic rings. The number of carbonyl (C=O) groups excluding carboxylic acids is 1. The molecule has 0 bridgehead atoms. The fourth-order valence-corrected chi connectivity index (χ4v) is 2.52. The Bertz CT molecular complexity index is 320. The molecular formula is C12H20N2O3. The quantitative estimate of drug-likeness (QED) is 0.781. The summed E-state index contributed by atoms with van der Waals surface area (Å²) in [5, 5.41) is 12.0. The van der Waals surface area contributed by atoms with Crippen LogP contribution >= 0.6 is 0 Å². The third-order valence-electron chi connectivity index (χ3n) is 4.01. The smallest absolute Gasteiger partial charge is 0.317 e. The van der Waals surface area contributed by atoms with Crippen molar-refractivity contribution >= 4 is 12.0 Å². The summed E-state index contributed by atoms with van der Waals surface area (Å²) >= 11 is 0. The van der Waals surface area contributed by atoms with Gasteiger partial charge in [-0.05, 0) is 25.7 Å². The first-order valence-electron chi connectivity index (χ1n) is 6.29. The summed E-state index contributed by atoms with van der Waals surface area (Å²) in [6.45, 7) is 0.262. The van der Waals surface area contributed by atoms with Gasteiger partial charge in [0.25, 0.3) is 0 Å². The number of carboxylic acid groups (broad SMARTS) is 1. The minimum absolute atomic E-state index is 0.139. The lowest BCUT2D eigenvalue weighted by Crippen LogP contribution is -2.46. The second-order valence-electron chi connectivity index (χ2n) is 5.29. The Kier molecular flexibility index (Phi) is 3.26. The summed E-state index contributed by atoms with van der Waals surface area (Å²) in [6.07, 6.45) is 5.37. The van der Waals surface area contributed by atoms with Gasteiger partial charge in [-0.25, -0.2) is 4.79 Å². The third-order valence-corrected chi connectivity index (χ3v) is 4.01. The molecule has 0 aromatic rings. The molecule has 17 heavy (non-hydrogen) atoms. The number of carboxylic acids is 1. The average molecular weight is 240 g/mol. The van der Waals surface area contributed by atoms with Crippen LogP contribution in [-0.4, -0.2) is 41.6 Å². The van der Waals surface area contributed by atoms with E-state index in [0.29, 0.717) is 18.9 Å². The van der Waals surface area contributed by atoms with Crippen molar-refractivity contribution in [1.29, 1.82) is 0 Å². The Morgan fingerprint density at radius 2 is 1.94 bits per heavy atom. The Hall–Kier alpha value is -1.26. The Morgan fingerprint density at radius 3 is 2.41 bits per heavy atom.